The number of unbranched alkanes of at least 4 members (excludes halogenated alkanes) is 1. The minimum Gasteiger partial charge on any atom is -0.508 e. The van der Waals surface area contributed by atoms with E-state index in [4.69, 9.17) is 9.98 Å². The standard InChI is InChI=1S/C30H28N2O4/c33-23-13-15-25(27(35)19-23)29(21-9-3-1-4-10-21)31-17-7-8-18-32-30(22-11-5-2-6-12-22)26-16-14-24(34)20-28(26)36/h1-6,9-16,19-20,33-36H,7-8,17-18H2/b31-29+,32-30+. The highest BCUT2D eigenvalue weighted by molar-refractivity contribution is 6.15. The Hall–Kier alpha value is -4.58. The number of aliphatic imine (C=N–C) groups is 2. The van der Waals surface area contributed by atoms with Crippen LogP contribution < -0.4 is 0 Å². The quantitative estimate of drug-likeness (QED) is 0.183. The topological polar surface area (TPSA) is 106 Å². The third-order valence-electron chi connectivity index (χ3n) is 5.67. The number of aromatic hydroxyl groups is 4. The van der Waals surface area contributed by atoms with E-state index in [1.54, 1.807) is 12.1 Å². The summed E-state index contributed by atoms with van der Waals surface area (Å²) in [5, 5.41) is 40.1. The lowest BCUT2D eigenvalue weighted by Gasteiger charge is -2.11. The van der Waals surface area contributed by atoms with Crippen molar-refractivity contribution in [3.8, 4) is 23.0 Å². The molecule has 0 aromatic heterocycles. The van der Waals surface area contributed by atoms with Crippen molar-refractivity contribution in [2.45, 2.75) is 12.8 Å². The highest BCUT2D eigenvalue weighted by Gasteiger charge is 2.13. The van der Waals surface area contributed by atoms with E-state index in [0.29, 0.717) is 35.6 Å². The van der Waals surface area contributed by atoms with E-state index >= 15 is 0 Å². The molecule has 0 saturated carbocycles. The SMILES string of the molecule is Oc1ccc(/C(=N/CCCC/N=C(\c2ccccc2)c2ccc(O)cc2O)c2ccccc2)c(O)c1. The molecule has 4 aromatic rings. The number of phenolic OH excluding ortho intramolecular Hbond substituents is 4. The van der Waals surface area contributed by atoms with Crippen molar-refractivity contribution < 1.29 is 20.4 Å². The monoisotopic (exact) mass is 480 g/mol. The van der Waals surface area contributed by atoms with Gasteiger partial charge in [0.2, 0.25) is 0 Å². The van der Waals surface area contributed by atoms with Gasteiger partial charge in [-0.15, -0.1) is 0 Å². The summed E-state index contributed by atoms with van der Waals surface area (Å²) in [6, 6.07) is 28.3. The van der Waals surface area contributed by atoms with E-state index in [1.165, 1.54) is 24.3 Å². The normalized spacial score (nSPS) is 12.0. The molecule has 0 radical (unpaired) electrons. The van der Waals surface area contributed by atoms with Gasteiger partial charge in [0, 0.05) is 47.5 Å². The third kappa shape index (κ3) is 6.10. The van der Waals surface area contributed by atoms with Crippen molar-refractivity contribution >= 4 is 11.4 Å². The Labute approximate surface area is 210 Å². The number of hydrogen-bond acceptors (Lipinski definition) is 6. The first-order chi connectivity index (χ1) is 17.5. The fourth-order valence-electron chi connectivity index (χ4n) is 3.90. The van der Waals surface area contributed by atoms with Gasteiger partial charge in [0.05, 0.1) is 11.4 Å². The summed E-state index contributed by atoms with van der Waals surface area (Å²) in [7, 11) is 0. The van der Waals surface area contributed by atoms with E-state index in [1.807, 2.05) is 60.7 Å². The molecule has 0 atom stereocenters. The number of phenols is 4. The Kier molecular flexibility index (Phi) is 7.98. The highest BCUT2D eigenvalue weighted by atomic mass is 16.3. The average molecular weight is 481 g/mol. The van der Waals surface area contributed by atoms with E-state index in [9.17, 15) is 20.4 Å². The van der Waals surface area contributed by atoms with Gasteiger partial charge in [0.25, 0.3) is 0 Å². The molecule has 4 rings (SSSR count). The van der Waals surface area contributed by atoms with Gasteiger partial charge in [0.15, 0.2) is 0 Å². The molecule has 182 valence electrons. The van der Waals surface area contributed by atoms with Crippen LogP contribution in [-0.2, 0) is 0 Å². The van der Waals surface area contributed by atoms with Gasteiger partial charge < -0.3 is 20.4 Å². The lowest BCUT2D eigenvalue weighted by atomic mass is 10.0. The van der Waals surface area contributed by atoms with Crippen LogP contribution in [0.5, 0.6) is 23.0 Å². The van der Waals surface area contributed by atoms with Gasteiger partial charge in [-0.05, 0) is 37.1 Å². The molecule has 0 aliphatic heterocycles. The molecule has 6 heteroatoms. The van der Waals surface area contributed by atoms with E-state index in [2.05, 4.69) is 0 Å². The number of hydrogen-bond donors (Lipinski definition) is 4. The van der Waals surface area contributed by atoms with Gasteiger partial charge >= 0.3 is 0 Å². The zero-order valence-corrected chi connectivity index (χ0v) is 19.7. The summed E-state index contributed by atoms with van der Waals surface area (Å²) in [4.78, 5) is 9.54. The summed E-state index contributed by atoms with van der Waals surface area (Å²) in [6.07, 6.45) is 1.53. The molecule has 36 heavy (non-hydrogen) atoms. The van der Waals surface area contributed by atoms with Crippen LogP contribution in [0.1, 0.15) is 35.1 Å². The Bertz CT molecular complexity index is 1260. The minimum absolute atomic E-state index is 0.00425. The molecular formula is C30H28N2O4. The molecule has 0 spiro atoms. The zero-order chi connectivity index (χ0) is 25.3. The van der Waals surface area contributed by atoms with Crippen molar-refractivity contribution in [2.24, 2.45) is 9.98 Å². The number of benzene rings is 4. The molecule has 4 N–H and O–H groups in total. The van der Waals surface area contributed by atoms with Crippen LogP contribution in [0.3, 0.4) is 0 Å². The van der Waals surface area contributed by atoms with Gasteiger partial charge in [-0.1, -0.05) is 60.7 Å². The summed E-state index contributed by atoms with van der Waals surface area (Å²) in [5.74, 6) is -0.0577. The molecule has 0 amide bonds. The highest BCUT2D eigenvalue weighted by Crippen LogP contribution is 2.27. The lowest BCUT2D eigenvalue weighted by molar-refractivity contribution is 0.449. The average Bonchev–Trinajstić information content (AvgIpc) is 2.88. The Morgan fingerprint density at radius 3 is 1.25 bits per heavy atom. The number of nitrogens with zero attached hydrogens (tertiary/aromatic N) is 2. The minimum atomic E-state index is -0.0246. The fourth-order valence-corrected chi connectivity index (χ4v) is 3.90. The smallest absolute Gasteiger partial charge is 0.128 e. The van der Waals surface area contributed by atoms with Crippen LogP contribution in [0.25, 0.3) is 0 Å². The molecule has 0 unspecified atom stereocenters. The molecule has 0 heterocycles. The van der Waals surface area contributed by atoms with Gasteiger partial charge in [-0.3, -0.25) is 9.98 Å². The summed E-state index contributed by atoms with van der Waals surface area (Å²) < 4.78 is 0. The first-order valence-corrected chi connectivity index (χ1v) is 11.8. The summed E-state index contributed by atoms with van der Waals surface area (Å²) in [6.45, 7) is 1.07. The van der Waals surface area contributed by atoms with Crippen LogP contribution in [0.2, 0.25) is 0 Å². The zero-order valence-electron chi connectivity index (χ0n) is 19.7. The van der Waals surface area contributed by atoms with Crippen molar-refractivity contribution in [1.29, 1.82) is 0 Å². The molecular weight excluding hydrogens is 452 g/mol. The summed E-state index contributed by atoms with van der Waals surface area (Å²) in [5.41, 5.74) is 4.21. The second kappa shape index (κ2) is 11.7. The first kappa shape index (κ1) is 24.5. The van der Waals surface area contributed by atoms with Crippen LogP contribution >= 0.6 is 0 Å². The van der Waals surface area contributed by atoms with Crippen molar-refractivity contribution in [1.82, 2.24) is 0 Å². The van der Waals surface area contributed by atoms with E-state index < -0.39 is 0 Å². The third-order valence-corrected chi connectivity index (χ3v) is 5.67. The maximum atomic E-state index is 10.4. The molecule has 4 aromatic carbocycles. The molecule has 0 aliphatic carbocycles. The molecule has 6 nitrogen and oxygen atoms in total. The molecule has 0 bridgehead atoms. The molecule has 0 aliphatic rings. The Morgan fingerprint density at radius 1 is 0.500 bits per heavy atom. The summed E-state index contributed by atoms with van der Waals surface area (Å²) >= 11 is 0. The largest absolute Gasteiger partial charge is 0.508 e. The van der Waals surface area contributed by atoms with Crippen molar-refractivity contribution in [3.05, 3.63) is 119 Å². The number of rotatable bonds is 9. The maximum absolute atomic E-state index is 10.4. The second-order valence-corrected chi connectivity index (χ2v) is 8.30. The Balaban J connectivity index is 1.49. The van der Waals surface area contributed by atoms with Crippen LogP contribution in [0.4, 0.5) is 0 Å². The van der Waals surface area contributed by atoms with Gasteiger partial charge in [-0.2, -0.15) is 0 Å². The predicted molar refractivity (Wildman–Crippen MR) is 143 cm³/mol. The van der Waals surface area contributed by atoms with Gasteiger partial charge in [-0.25, -0.2) is 0 Å². The van der Waals surface area contributed by atoms with Crippen LogP contribution in [-0.4, -0.2) is 44.9 Å². The van der Waals surface area contributed by atoms with Crippen LogP contribution in [0.15, 0.2) is 107 Å². The molecule has 0 saturated heterocycles. The van der Waals surface area contributed by atoms with Crippen molar-refractivity contribution in [3.63, 3.8) is 0 Å². The predicted octanol–water partition coefficient (Wildman–Crippen LogP) is 5.66. The fraction of sp³-hybridized carbons (Fsp3) is 0.133. The second-order valence-electron chi connectivity index (χ2n) is 8.30. The maximum Gasteiger partial charge on any atom is 0.128 e. The molecule has 0 fully saturated rings. The lowest BCUT2D eigenvalue weighted by Crippen LogP contribution is -2.06. The van der Waals surface area contributed by atoms with Crippen LogP contribution in [0, 0.1) is 0 Å². The van der Waals surface area contributed by atoms with E-state index in [0.717, 1.165) is 24.0 Å². The van der Waals surface area contributed by atoms with Gasteiger partial charge in [0.1, 0.15) is 23.0 Å². The van der Waals surface area contributed by atoms with E-state index in [-0.39, 0.29) is 23.0 Å². The first-order valence-electron chi connectivity index (χ1n) is 11.8. The van der Waals surface area contributed by atoms with Crippen molar-refractivity contribution in [2.75, 3.05) is 13.1 Å². The Morgan fingerprint density at radius 2 is 0.889 bits per heavy atom.